The third kappa shape index (κ3) is 2.82. The van der Waals surface area contributed by atoms with Crippen LogP contribution in [0.4, 0.5) is 4.79 Å². The zero-order chi connectivity index (χ0) is 11.3. The highest BCUT2D eigenvalue weighted by atomic mass is 16.5. The number of methoxy groups -OCH3 is 1. The summed E-state index contributed by atoms with van der Waals surface area (Å²) in [5.41, 5.74) is 0. The number of likely N-dealkylation sites (N-methyl/N-ethyl adjacent to an activating group) is 1. The first-order valence-corrected chi connectivity index (χ1v) is 4.90. The summed E-state index contributed by atoms with van der Waals surface area (Å²) in [7, 11) is 1.30. The maximum atomic E-state index is 11.6. The maximum Gasteiger partial charge on any atom is 0.410 e. The molecule has 0 aromatic carbocycles. The Balaban J connectivity index is 2.65. The van der Waals surface area contributed by atoms with E-state index in [4.69, 9.17) is 4.74 Å². The number of rotatable bonds is 2. The largest absolute Gasteiger partial charge is 0.453 e. The normalized spacial score (nSPS) is 20.9. The summed E-state index contributed by atoms with van der Waals surface area (Å²) in [6.07, 6.45) is -0.491. The summed E-state index contributed by atoms with van der Waals surface area (Å²) in [5.74, 6) is -0.206. The van der Waals surface area contributed by atoms with Gasteiger partial charge < -0.3 is 14.8 Å². The third-order valence-corrected chi connectivity index (χ3v) is 2.19. The first kappa shape index (κ1) is 11.8. The van der Waals surface area contributed by atoms with Crippen LogP contribution in [0.25, 0.3) is 0 Å². The lowest BCUT2D eigenvalue weighted by molar-refractivity contribution is -0.131. The second-order valence-electron chi connectivity index (χ2n) is 3.15. The van der Waals surface area contributed by atoms with Gasteiger partial charge in [-0.25, -0.2) is 4.79 Å². The Morgan fingerprint density at radius 2 is 2.33 bits per heavy atom. The number of morpholine rings is 1. The standard InChI is InChI=1S/C9H16N2O4/c1-3-10-8(12)7-6-15-5-4-11(7)9(13)14-2/h7H,3-6H2,1-2H3,(H,10,12). The Labute approximate surface area is 88.5 Å². The lowest BCUT2D eigenvalue weighted by Gasteiger charge is -2.33. The number of nitrogens with one attached hydrogen (secondary N) is 1. The van der Waals surface area contributed by atoms with Crippen molar-refractivity contribution in [2.24, 2.45) is 0 Å². The molecule has 0 aliphatic carbocycles. The van der Waals surface area contributed by atoms with Crippen molar-refractivity contribution in [1.82, 2.24) is 10.2 Å². The molecule has 0 spiro atoms. The molecule has 1 rings (SSSR count). The SMILES string of the molecule is CCNC(=O)C1COCCN1C(=O)OC. The Hall–Kier alpha value is -1.30. The van der Waals surface area contributed by atoms with E-state index in [1.807, 2.05) is 6.92 Å². The molecule has 86 valence electrons. The quantitative estimate of drug-likeness (QED) is 0.681. The van der Waals surface area contributed by atoms with E-state index < -0.39 is 12.1 Å². The van der Waals surface area contributed by atoms with Gasteiger partial charge in [0.05, 0.1) is 20.3 Å². The molecule has 0 aromatic rings. The molecule has 1 N–H and O–H groups in total. The molecule has 0 radical (unpaired) electrons. The Morgan fingerprint density at radius 3 is 2.93 bits per heavy atom. The van der Waals surface area contributed by atoms with Gasteiger partial charge in [0.25, 0.3) is 0 Å². The van der Waals surface area contributed by atoms with Crippen LogP contribution >= 0.6 is 0 Å². The van der Waals surface area contributed by atoms with E-state index in [9.17, 15) is 9.59 Å². The molecule has 1 saturated heterocycles. The van der Waals surface area contributed by atoms with Gasteiger partial charge in [0.15, 0.2) is 0 Å². The predicted octanol–water partition coefficient (Wildman–Crippen LogP) is -0.410. The Morgan fingerprint density at radius 1 is 1.60 bits per heavy atom. The second kappa shape index (κ2) is 5.55. The van der Waals surface area contributed by atoms with Crippen molar-refractivity contribution in [3.63, 3.8) is 0 Å². The number of amides is 2. The zero-order valence-electron chi connectivity index (χ0n) is 8.99. The fraction of sp³-hybridized carbons (Fsp3) is 0.778. The molecular weight excluding hydrogens is 200 g/mol. The van der Waals surface area contributed by atoms with E-state index in [2.05, 4.69) is 10.1 Å². The summed E-state index contributed by atoms with van der Waals surface area (Å²) in [5, 5.41) is 2.66. The fourth-order valence-corrected chi connectivity index (χ4v) is 1.45. The lowest BCUT2D eigenvalue weighted by Crippen LogP contribution is -2.55. The van der Waals surface area contributed by atoms with Crippen LogP contribution in [0.2, 0.25) is 0 Å². The number of hydrogen-bond acceptors (Lipinski definition) is 4. The number of nitrogens with zero attached hydrogens (tertiary/aromatic N) is 1. The minimum absolute atomic E-state index is 0.206. The van der Waals surface area contributed by atoms with E-state index in [-0.39, 0.29) is 12.5 Å². The van der Waals surface area contributed by atoms with Crippen molar-refractivity contribution in [2.45, 2.75) is 13.0 Å². The van der Waals surface area contributed by atoms with Crippen molar-refractivity contribution in [1.29, 1.82) is 0 Å². The zero-order valence-corrected chi connectivity index (χ0v) is 8.99. The van der Waals surface area contributed by atoms with Gasteiger partial charge in [0.1, 0.15) is 6.04 Å². The molecule has 1 aliphatic rings. The summed E-state index contributed by atoms with van der Waals surface area (Å²) < 4.78 is 9.76. The molecule has 0 saturated carbocycles. The van der Waals surface area contributed by atoms with Gasteiger partial charge in [0, 0.05) is 13.1 Å². The highest BCUT2D eigenvalue weighted by Crippen LogP contribution is 2.08. The first-order valence-electron chi connectivity index (χ1n) is 4.90. The number of ether oxygens (including phenoxy) is 2. The second-order valence-corrected chi connectivity index (χ2v) is 3.15. The van der Waals surface area contributed by atoms with Crippen molar-refractivity contribution in [3.8, 4) is 0 Å². The number of carbonyl (C=O) groups is 2. The Kier molecular flexibility index (Phi) is 4.36. The minimum Gasteiger partial charge on any atom is -0.453 e. The maximum absolute atomic E-state index is 11.6. The van der Waals surface area contributed by atoms with Crippen LogP contribution in [0.15, 0.2) is 0 Å². The molecule has 2 amide bonds. The van der Waals surface area contributed by atoms with Crippen molar-refractivity contribution in [3.05, 3.63) is 0 Å². The molecule has 1 unspecified atom stereocenters. The van der Waals surface area contributed by atoms with Gasteiger partial charge in [-0.2, -0.15) is 0 Å². The molecule has 6 heteroatoms. The average Bonchev–Trinajstić information content (AvgIpc) is 2.28. The first-order chi connectivity index (χ1) is 7.20. The fourth-order valence-electron chi connectivity index (χ4n) is 1.45. The summed E-state index contributed by atoms with van der Waals surface area (Å²) in [6, 6.07) is -0.578. The summed E-state index contributed by atoms with van der Waals surface area (Å²) in [6.45, 7) is 3.40. The van der Waals surface area contributed by atoms with E-state index in [1.54, 1.807) is 0 Å². The van der Waals surface area contributed by atoms with Crippen LogP contribution in [0.1, 0.15) is 6.92 Å². The van der Waals surface area contributed by atoms with Gasteiger partial charge in [-0.1, -0.05) is 0 Å². The summed E-state index contributed by atoms with van der Waals surface area (Å²) in [4.78, 5) is 24.3. The topological polar surface area (TPSA) is 67.9 Å². The lowest BCUT2D eigenvalue weighted by atomic mass is 10.2. The van der Waals surface area contributed by atoms with Crippen LogP contribution < -0.4 is 5.32 Å². The van der Waals surface area contributed by atoms with E-state index in [0.29, 0.717) is 19.7 Å². The van der Waals surface area contributed by atoms with Gasteiger partial charge in [-0.05, 0) is 6.92 Å². The Bertz CT molecular complexity index is 244. The van der Waals surface area contributed by atoms with Gasteiger partial charge in [0.2, 0.25) is 5.91 Å². The third-order valence-electron chi connectivity index (χ3n) is 2.19. The minimum atomic E-state index is -0.578. The highest BCUT2D eigenvalue weighted by molar-refractivity contribution is 5.85. The number of hydrogen-bond donors (Lipinski definition) is 1. The van der Waals surface area contributed by atoms with Crippen molar-refractivity contribution < 1.29 is 19.1 Å². The smallest absolute Gasteiger partial charge is 0.410 e. The van der Waals surface area contributed by atoms with E-state index in [0.717, 1.165) is 0 Å². The monoisotopic (exact) mass is 216 g/mol. The van der Waals surface area contributed by atoms with Crippen molar-refractivity contribution in [2.75, 3.05) is 33.4 Å². The molecule has 1 fully saturated rings. The van der Waals surface area contributed by atoms with Gasteiger partial charge >= 0.3 is 6.09 Å². The molecule has 15 heavy (non-hydrogen) atoms. The highest BCUT2D eigenvalue weighted by Gasteiger charge is 2.33. The number of carbonyl (C=O) groups excluding carboxylic acids is 2. The molecule has 1 atom stereocenters. The molecule has 0 bridgehead atoms. The van der Waals surface area contributed by atoms with Crippen LogP contribution in [0.3, 0.4) is 0 Å². The van der Waals surface area contributed by atoms with Gasteiger partial charge in [-0.15, -0.1) is 0 Å². The van der Waals surface area contributed by atoms with Crippen LogP contribution in [-0.4, -0.2) is 56.4 Å². The molecule has 0 aromatic heterocycles. The predicted molar refractivity (Wildman–Crippen MR) is 52.4 cm³/mol. The van der Waals surface area contributed by atoms with Crippen molar-refractivity contribution >= 4 is 12.0 Å². The van der Waals surface area contributed by atoms with Crippen LogP contribution in [-0.2, 0) is 14.3 Å². The van der Waals surface area contributed by atoms with E-state index >= 15 is 0 Å². The summed E-state index contributed by atoms with van der Waals surface area (Å²) >= 11 is 0. The molecule has 1 aliphatic heterocycles. The molecule has 1 heterocycles. The molecular formula is C9H16N2O4. The van der Waals surface area contributed by atoms with Crippen LogP contribution in [0.5, 0.6) is 0 Å². The van der Waals surface area contributed by atoms with Crippen LogP contribution in [0, 0.1) is 0 Å². The van der Waals surface area contributed by atoms with E-state index in [1.165, 1.54) is 12.0 Å². The van der Waals surface area contributed by atoms with Gasteiger partial charge in [-0.3, -0.25) is 9.69 Å². The average molecular weight is 216 g/mol. The molecule has 6 nitrogen and oxygen atoms in total.